The number of carbonyl (C=O) groups excluding carboxylic acids is 4. The standard InChI is InChI=1S/C34H47N3O6/c1-10-20-37(30(39)23(3)35-32(41)43-34(7,8)9)28(26-19-15-18-24(11-2)21-26)29(38)36-27(31(40)42-33(4,5)6)22-25-16-13-12-14-17-25/h11-19,21,23,27-28H,2,10,20,22H2,1,3-9H3,(H,35,41)(H,36,38). The minimum Gasteiger partial charge on any atom is -0.458 e. The van der Waals surface area contributed by atoms with Crippen molar-refractivity contribution in [1.29, 1.82) is 0 Å². The molecule has 234 valence electrons. The highest BCUT2D eigenvalue weighted by Gasteiger charge is 2.37. The van der Waals surface area contributed by atoms with Gasteiger partial charge in [0, 0.05) is 13.0 Å². The first-order valence-corrected chi connectivity index (χ1v) is 14.6. The van der Waals surface area contributed by atoms with E-state index in [1.54, 1.807) is 72.7 Å². The van der Waals surface area contributed by atoms with Crippen LogP contribution >= 0.6 is 0 Å². The number of nitrogens with zero attached hydrogens (tertiary/aromatic N) is 1. The number of nitrogens with one attached hydrogen (secondary N) is 2. The lowest BCUT2D eigenvalue weighted by atomic mass is 9.99. The van der Waals surface area contributed by atoms with Gasteiger partial charge in [-0.15, -0.1) is 0 Å². The number of benzene rings is 2. The second-order valence-electron chi connectivity index (χ2n) is 12.5. The smallest absolute Gasteiger partial charge is 0.408 e. The van der Waals surface area contributed by atoms with E-state index < -0.39 is 53.2 Å². The van der Waals surface area contributed by atoms with Crippen LogP contribution in [0.1, 0.15) is 84.5 Å². The molecule has 9 heteroatoms. The van der Waals surface area contributed by atoms with Crippen LogP contribution in [-0.2, 0) is 30.3 Å². The minimum absolute atomic E-state index is 0.194. The monoisotopic (exact) mass is 593 g/mol. The number of carbonyl (C=O) groups is 4. The SMILES string of the molecule is C=Cc1cccc(C(C(=O)NC(Cc2ccccc2)C(=O)OC(C)(C)C)N(CCC)C(=O)C(C)NC(=O)OC(C)(C)C)c1. The lowest BCUT2D eigenvalue weighted by Gasteiger charge is -2.34. The summed E-state index contributed by atoms with van der Waals surface area (Å²) in [6.07, 6.45) is 1.64. The van der Waals surface area contributed by atoms with Gasteiger partial charge in [-0.3, -0.25) is 9.59 Å². The van der Waals surface area contributed by atoms with Crippen LogP contribution < -0.4 is 10.6 Å². The molecule has 0 spiro atoms. The third-order valence-electron chi connectivity index (χ3n) is 6.16. The van der Waals surface area contributed by atoms with E-state index in [0.717, 1.165) is 11.1 Å². The van der Waals surface area contributed by atoms with E-state index in [0.29, 0.717) is 12.0 Å². The second kappa shape index (κ2) is 15.4. The van der Waals surface area contributed by atoms with Crippen molar-refractivity contribution in [1.82, 2.24) is 15.5 Å². The molecule has 2 aromatic carbocycles. The van der Waals surface area contributed by atoms with Crippen molar-refractivity contribution in [3.63, 3.8) is 0 Å². The molecule has 2 N–H and O–H groups in total. The van der Waals surface area contributed by atoms with E-state index in [1.807, 2.05) is 43.3 Å². The summed E-state index contributed by atoms with van der Waals surface area (Å²) >= 11 is 0. The Morgan fingerprint density at radius 1 is 0.907 bits per heavy atom. The quantitative estimate of drug-likeness (QED) is 0.310. The normalized spacial score (nSPS) is 13.6. The predicted octanol–water partition coefficient (Wildman–Crippen LogP) is 5.59. The molecule has 3 amide bonds. The molecule has 0 bridgehead atoms. The molecule has 0 fully saturated rings. The predicted molar refractivity (Wildman–Crippen MR) is 168 cm³/mol. The van der Waals surface area contributed by atoms with E-state index in [1.165, 1.54) is 4.90 Å². The molecule has 0 aliphatic rings. The summed E-state index contributed by atoms with van der Waals surface area (Å²) in [5, 5.41) is 5.47. The summed E-state index contributed by atoms with van der Waals surface area (Å²) in [6.45, 7) is 17.9. The molecule has 0 aliphatic heterocycles. The molecule has 0 aliphatic carbocycles. The van der Waals surface area contributed by atoms with Gasteiger partial charge in [-0.2, -0.15) is 0 Å². The third-order valence-corrected chi connectivity index (χ3v) is 6.16. The van der Waals surface area contributed by atoms with Crippen LogP contribution in [0.2, 0.25) is 0 Å². The molecule has 3 unspecified atom stereocenters. The van der Waals surface area contributed by atoms with Crippen LogP contribution in [0, 0.1) is 0 Å². The zero-order chi connectivity index (χ0) is 32.4. The average molecular weight is 594 g/mol. The molecule has 2 rings (SSSR count). The Kier molecular flexibility index (Phi) is 12.5. The highest BCUT2D eigenvalue weighted by Crippen LogP contribution is 2.25. The van der Waals surface area contributed by atoms with Gasteiger partial charge in [-0.25, -0.2) is 9.59 Å². The molecule has 0 saturated heterocycles. The number of ether oxygens (including phenoxy) is 2. The molecule has 0 radical (unpaired) electrons. The molecule has 3 atom stereocenters. The maximum atomic E-state index is 14.2. The van der Waals surface area contributed by atoms with Crippen LogP contribution in [0.15, 0.2) is 61.2 Å². The van der Waals surface area contributed by atoms with Gasteiger partial charge in [0.05, 0.1) is 0 Å². The van der Waals surface area contributed by atoms with Gasteiger partial charge in [0.25, 0.3) is 0 Å². The summed E-state index contributed by atoms with van der Waals surface area (Å²) in [6, 6.07) is 13.3. The molecular weight excluding hydrogens is 546 g/mol. The van der Waals surface area contributed by atoms with Gasteiger partial charge in [0.2, 0.25) is 11.8 Å². The molecular formula is C34H47N3O6. The van der Waals surface area contributed by atoms with Crippen LogP contribution in [0.5, 0.6) is 0 Å². The van der Waals surface area contributed by atoms with Gasteiger partial charge in [0.15, 0.2) is 0 Å². The lowest BCUT2D eigenvalue weighted by molar-refractivity contribution is -0.159. The number of amides is 3. The average Bonchev–Trinajstić information content (AvgIpc) is 2.90. The Labute approximate surface area is 256 Å². The van der Waals surface area contributed by atoms with E-state index in [2.05, 4.69) is 17.2 Å². The number of hydrogen-bond acceptors (Lipinski definition) is 6. The van der Waals surface area contributed by atoms with Crippen LogP contribution in [0.4, 0.5) is 4.79 Å². The molecule has 0 saturated carbocycles. The van der Waals surface area contributed by atoms with Crippen molar-refractivity contribution in [2.45, 2.75) is 97.6 Å². The van der Waals surface area contributed by atoms with Crippen molar-refractivity contribution in [3.8, 4) is 0 Å². The first-order valence-electron chi connectivity index (χ1n) is 14.6. The first kappa shape index (κ1) is 35.1. The highest BCUT2D eigenvalue weighted by molar-refractivity contribution is 5.94. The van der Waals surface area contributed by atoms with Crippen molar-refractivity contribution in [2.75, 3.05) is 6.54 Å². The Bertz CT molecular complexity index is 1260. The summed E-state index contributed by atoms with van der Waals surface area (Å²) in [4.78, 5) is 55.3. The maximum absolute atomic E-state index is 14.2. The Balaban J connectivity index is 2.52. The maximum Gasteiger partial charge on any atom is 0.408 e. The topological polar surface area (TPSA) is 114 Å². The fourth-order valence-electron chi connectivity index (χ4n) is 4.40. The van der Waals surface area contributed by atoms with Crippen LogP contribution in [0.3, 0.4) is 0 Å². The fourth-order valence-corrected chi connectivity index (χ4v) is 4.40. The van der Waals surface area contributed by atoms with Crippen molar-refractivity contribution >= 4 is 30.0 Å². The summed E-state index contributed by atoms with van der Waals surface area (Å²) in [7, 11) is 0. The number of alkyl carbamates (subject to hydrolysis) is 1. The molecule has 43 heavy (non-hydrogen) atoms. The third kappa shape index (κ3) is 11.6. The van der Waals surface area contributed by atoms with E-state index >= 15 is 0 Å². The zero-order valence-corrected chi connectivity index (χ0v) is 26.7. The van der Waals surface area contributed by atoms with Crippen molar-refractivity contribution in [2.24, 2.45) is 0 Å². The fraction of sp³-hybridized carbons (Fsp3) is 0.471. The van der Waals surface area contributed by atoms with Crippen LogP contribution in [0.25, 0.3) is 6.08 Å². The summed E-state index contributed by atoms with van der Waals surface area (Å²) < 4.78 is 11.0. The van der Waals surface area contributed by atoms with Gasteiger partial charge >= 0.3 is 12.1 Å². The Hall–Kier alpha value is -4.14. The lowest BCUT2D eigenvalue weighted by Crippen LogP contribution is -2.54. The highest BCUT2D eigenvalue weighted by atomic mass is 16.6. The van der Waals surface area contributed by atoms with Gasteiger partial charge < -0.3 is 25.0 Å². The molecule has 0 heterocycles. The Morgan fingerprint density at radius 2 is 1.53 bits per heavy atom. The van der Waals surface area contributed by atoms with E-state index in [9.17, 15) is 19.2 Å². The largest absolute Gasteiger partial charge is 0.458 e. The van der Waals surface area contributed by atoms with Gasteiger partial charge in [-0.1, -0.05) is 68.1 Å². The molecule has 0 aromatic heterocycles. The minimum atomic E-state index is -1.11. The zero-order valence-electron chi connectivity index (χ0n) is 26.7. The van der Waals surface area contributed by atoms with Gasteiger partial charge in [-0.05, 0) is 77.6 Å². The summed E-state index contributed by atoms with van der Waals surface area (Å²) in [5.41, 5.74) is 0.594. The number of rotatable bonds is 12. The number of hydrogen-bond donors (Lipinski definition) is 2. The van der Waals surface area contributed by atoms with Crippen molar-refractivity contribution < 1.29 is 28.7 Å². The number of esters is 1. The second-order valence-corrected chi connectivity index (χ2v) is 12.5. The molecule has 2 aromatic rings. The molecule has 9 nitrogen and oxygen atoms in total. The van der Waals surface area contributed by atoms with Crippen molar-refractivity contribution in [3.05, 3.63) is 77.9 Å². The summed E-state index contributed by atoms with van der Waals surface area (Å²) in [5.74, 6) is -1.62. The Morgan fingerprint density at radius 3 is 2.09 bits per heavy atom. The van der Waals surface area contributed by atoms with E-state index in [4.69, 9.17) is 9.47 Å². The first-order chi connectivity index (χ1) is 20.0. The van der Waals surface area contributed by atoms with Crippen LogP contribution in [-0.4, -0.2) is 58.6 Å². The van der Waals surface area contributed by atoms with E-state index in [-0.39, 0.29) is 13.0 Å². The van der Waals surface area contributed by atoms with Gasteiger partial charge in [0.1, 0.15) is 29.3 Å².